The van der Waals surface area contributed by atoms with E-state index in [9.17, 15) is 10.2 Å². The Hall–Kier alpha value is -2.51. The monoisotopic (exact) mass is 497 g/mol. The van der Waals surface area contributed by atoms with Gasteiger partial charge in [-0.2, -0.15) is 0 Å². The Morgan fingerprint density at radius 2 is 1.03 bits per heavy atom. The summed E-state index contributed by atoms with van der Waals surface area (Å²) in [4.78, 5) is 8.70. The summed E-state index contributed by atoms with van der Waals surface area (Å²) in [5.74, 6) is 1.16. The van der Waals surface area contributed by atoms with Crippen LogP contribution >= 0.6 is 0 Å². The first-order valence-corrected chi connectivity index (χ1v) is 10.7. The summed E-state index contributed by atoms with van der Waals surface area (Å²) in [6.07, 6.45) is 3.13. The molecule has 0 fully saturated rings. The van der Waals surface area contributed by atoms with Crippen molar-refractivity contribution in [2.45, 2.75) is 52.4 Å². The summed E-state index contributed by atoms with van der Waals surface area (Å²) in [6, 6.07) is 6.95. The van der Waals surface area contributed by atoms with Crippen LogP contribution in [0.25, 0.3) is 0 Å². The fourth-order valence-corrected chi connectivity index (χ4v) is 3.23. The Labute approximate surface area is 208 Å². The smallest absolute Gasteiger partial charge is 0.872 e. The molecule has 7 heteroatoms. The van der Waals surface area contributed by atoms with Crippen LogP contribution in [0.1, 0.15) is 63.8 Å². The number of benzene rings is 2. The number of ether oxygens (including phenoxy) is 2. The number of methoxy groups -OCH3 is 2. The zero-order valence-corrected chi connectivity index (χ0v) is 21.8. The standard InChI is InChI=1S/C26H36N2O4.Co/c1-25(2,3)21-13-19(31-7)11-17(23(21)29)15-27-9-10-28-16-18-12-20(32-8)14-22(24(18)30)26(4,5)6;/h11-16,29-30H,9-10H2,1-8H3;/q;+2/p-2. The van der Waals surface area contributed by atoms with Crippen LogP contribution in [0.5, 0.6) is 23.0 Å². The molecule has 0 heterocycles. The van der Waals surface area contributed by atoms with Crippen LogP contribution in [0.2, 0.25) is 0 Å². The average molecular weight is 498 g/mol. The number of nitrogens with zero attached hydrogens (tertiary/aromatic N) is 2. The predicted octanol–water partition coefficient (Wildman–Crippen LogP) is 3.98. The number of hydrogen-bond donors (Lipinski definition) is 0. The van der Waals surface area contributed by atoms with Gasteiger partial charge in [0, 0.05) is 12.4 Å². The van der Waals surface area contributed by atoms with Crippen molar-refractivity contribution in [2.24, 2.45) is 9.98 Å². The van der Waals surface area contributed by atoms with Gasteiger partial charge < -0.3 is 19.7 Å². The molecule has 0 aliphatic rings. The zero-order chi connectivity index (χ0) is 24.1. The second kappa shape index (κ2) is 11.6. The van der Waals surface area contributed by atoms with Crippen molar-refractivity contribution in [2.75, 3.05) is 27.3 Å². The van der Waals surface area contributed by atoms with Gasteiger partial charge in [-0.25, -0.2) is 0 Å². The Balaban J connectivity index is 0.00000544. The van der Waals surface area contributed by atoms with Gasteiger partial charge in [0.2, 0.25) is 0 Å². The number of rotatable bonds is 7. The van der Waals surface area contributed by atoms with E-state index >= 15 is 0 Å². The van der Waals surface area contributed by atoms with E-state index in [2.05, 4.69) is 9.98 Å². The third kappa shape index (κ3) is 7.50. The summed E-state index contributed by atoms with van der Waals surface area (Å²) in [7, 11) is 3.16. The molecule has 0 amide bonds. The van der Waals surface area contributed by atoms with Crippen LogP contribution < -0.4 is 19.7 Å². The van der Waals surface area contributed by atoms with Crippen molar-refractivity contribution in [3.8, 4) is 23.0 Å². The molecule has 0 saturated carbocycles. The van der Waals surface area contributed by atoms with Crippen LogP contribution in [0.3, 0.4) is 0 Å². The van der Waals surface area contributed by atoms with E-state index < -0.39 is 0 Å². The first-order valence-electron chi connectivity index (χ1n) is 10.7. The molecule has 33 heavy (non-hydrogen) atoms. The minimum Gasteiger partial charge on any atom is -0.872 e. The van der Waals surface area contributed by atoms with E-state index in [1.807, 2.05) is 41.5 Å². The van der Waals surface area contributed by atoms with Crippen molar-refractivity contribution >= 4 is 12.4 Å². The van der Waals surface area contributed by atoms with E-state index in [-0.39, 0.29) is 39.1 Å². The molecular formula is C26H34CoN2O4. The van der Waals surface area contributed by atoms with Gasteiger partial charge >= 0.3 is 16.8 Å². The fourth-order valence-electron chi connectivity index (χ4n) is 3.23. The molecule has 0 aliphatic heterocycles. The molecule has 0 unspecified atom stereocenters. The third-order valence-corrected chi connectivity index (χ3v) is 5.09. The normalized spacial score (nSPS) is 12.2. The summed E-state index contributed by atoms with van der Waals surface area (Å²) >= 11 is 0. The van der Waals surface area contributed by atoms with Crippen LogP contribution in [0.15, 0.2) is 34.3 Å². The van der Waals surface area contributed by atoms with Gasteiger partial charge in [-0.15, -0.1) is 0 Å². The van der Waals surface area contributed by atoms with Crippen molar-refractivity contribution in [3.63, 3.8) is 0 Å². The van der Waals surface area contributed by atoms with Crippen molar-refractivity contribution in [3.05, 3.63) is 46.5 Å². The van der Waals surface area contributed by atoms with E-state index in [0.29, 0.717) is 46.8 Å². The van der Waals surface area contributed by atoms with Gasteiger partial charge in [-0.1, -0.05) is 53.0 Å². The number of hydrogen-bond acceptors (Lipinski definition) is 6. The molecule has 2 aromatic carbocycles. The molecule has 181 valence electrons. The predicted molar refractivity (Wildman–Crippen MR) is 127 cm³/mol. The molecule has 6 nitrogen and oxygen atoms in total. The summed E-state index contributed by atoms with van der Waals surface area (Å²) in [5.41, 5.74) is 1.76. The molecule has 2 rings (SSSR count). The van der Waals surface area contributed by atoms with E-state index in [4.69, 9.17) is 9.47 Å². The first-order chi connectivity index (χ1) is 14.9. The topological polar surface area (TPSA) is 89.3 Å². The van der Waals surface area contributed by atoms with Crippen LogP contribution in [-0.2, 0) is 27.6 Å². The summed E-state index contributed by atoms with van der Waals surface area (Å²) in [5, 5.41) is 25.6. The molecular weight excluding hydrogens is 463 g/mol. The number of aliphatic imine (C=N–C) groups is 2. The molecule has 0 N–H and O–H groups in total. The minimum atomic E-state index is -0.294. The molecule has 0 spiro atoms. The maximum absolute atomic E-state index is 12.8. The second-order valence-electron chi connectivity index (χ2n) is 9.76. The SMILES string of the molecule is COc1cc(C=NCCN=Cc2cc(OC)cc(C(C)(C)C)c2[O-])c([O-])c(C(C)(C)C)c1.[Co+2]. The van der Waals surface area contributed by atoms with Crippen molar-refractivity contribution < 1.29 is 36.5 Å². The molecule has 0 saturated heterocycles. The Bertz CT molecular complexity index is 921. The Kier molecular flexibility index (Phi) is 9.99. The Morgan fingerprint density at radius 3 is 1.30 bits per heavy atom. The first kappa shape index (κ1) is 28.5. The van der Waals surface area contributed by atoms with E-state index in [1.54, 1.807) is 50.9 Å². The quantitative estimate of drug-likeness (QED) is 0.428. The van der Waals surface area contributed by atoms with Gasteiger partial charge in [0.1, 0.15) is 11.5 Å². The van der Waals surface area contributed by atoms with Crippen LogP contribution in [0, 0.1) is 0 Å². The summed E-state index contributed by atoms with van der Waals surface area (Å²) < 4.78 is 10.7. The summed E-state index contributed by atoms with van der Waals surface area (Å²) in [6.45, 7) is 12.7. The molecule has 2 aromatic rings. The van der Waals surface area contributed by atoms with Gasteiger partial charge in [0.05, 0.1) is 27.3 Å². The maximum atomic E-state index is 12.8. The maximum Gasteiger partial charge on any atom is 2.00 e. The van der Waals surface area contributed by atoms with E-state index in [1.165, 1.54) is 0 Å². The zero-order valence-electron chi connectivity index (χ0n) is 20.7. The largest absolute Gasteiger partial charge is 2.00 e. The third-order valence-electron chi connectivity index (χ3n) is 5.09. The minimum absolute atomic E-state index is 0. The average Bonchev–Trinajstić information content (AvgIpc) is 2.70. The molecule has 0 aliphatic carbocycles. The van der Waals surface area contributed by atoms with Gasteiger partial charge in [-0.05, 0) is 57.3 Å². The van der Waals surface area contributed by atoms with Gasteiger partial charge in [-0.3, -0.25) is 9.98 Å². The molecule has 0 atom stereocenters. The molecule has 0 aromatic heterocycles. The second-order valence-corrected chi connectivity index (χ2v) is 9.76. The van der Waals surface area contributed by atoms with Crippen molar-refractivity contribution in [1.82, 2.24) is 0 Å². The van der Waals surface area contributed by atoms with Gasteiger partial charge in [0.25, 0.3) is 0 Å². The van der Waals surface area contributed by atoms with Crippen molar-refractivity contribution in [1.29, 1.82) is 0 Å². The van der Waals surface area contributed by atoms with Crippen LogP contribution in [0.4, 0.5) is 0 Å². The van der Waals surface area contributed by atoms with Gasteiger partial charge in [0.15, 0.2) is 0 Å². The Morgan fingerprint density at radius 1 is 0.697 bits per heavy atom. The molecule has 0 bridgehead atoms. The fraction of sp³-hybridized carbons (Fsp3) is 0.462. The molecule has 1 radical (unpaired) electrons. The van der Waals surface area contributed by atoms with E-state index in [0.717, 1.165) is 0 Å². The van der Waals surface area contributed by atoms with Crippen LogP contribution in [-0.4, -0.2) is 39.7 Å².